The van der Waals surface area contributed by atoms with Gasteiger partial charge in [-0.05, 0) is 37.5 Å². The van der Waals surface area contributed by atoms with Crippen LogP contribution in [0.15, 0.2) is 30.3 Å². The van der Waals surface area contributed by atoms with Gasteiger partial charge in [0, 0.05) is 51.4 Å². The quantitative estimate of drug-likeness (QED) is 0.826. The molecule has 1 N–H and O–H groups in total. The van der Waals surface area contributed by atoms with Gasteiger partial charge >= 0.3 is 0 Å². The molecule has 1 fully saturated rings. The van der Waals surface area contributed by atoms with Crippen LogP contribution in [-0.2, 0) is 11.3 Å². The molecule has 1 amide bonds. The van der Waals surface area contributed by atoms with E-state index in [2.05, 4.69) is 20.2 Å². The fourth-order valence-electron chi connectivity index (χ4n) is 3.33. The van der Waals surface area contributed by atoms with Crippen LogP contribution < -0.4 is 19.9 Å². The highest BCUT2D eigenvalue weighted by atomic mass is 16.5. The van der Waals surface area contributed by atoms with Crippen LogP contribution in [0, 0.1) is 12.8 Å². The summed E-state index contributed by atoms with van der Waals surface area (Å²) in [5.41, 5.74) is 2.02. The van der Waals surface area contributed by atoms with Crippen molar-refractivity contribution in [1.82, 2.24) is 15.3 Å². The zero-order valence-electron chi connectivity index (χ0n) is 17.1. The van der Waals surface area contributed by atoms with Gasteiger partial charge in [-0.25, -0.2) is 4.98 Å². The first-order chi connectivity index (χ1) is 13.5. The second kappa shape index (κ2) is 8.91. The minimum Gasteiger partial charge on any atom is -0.497 e. The Bertz CT molecular complexity index is 799. The number of hydrogen-bond acceptors (Lipinski definition) is 6. The monoisotopic (exact) mass is 383 g/mol. The number of benzene rings is 1. The normalized spacial score (nSPS) is 14.6. The second-order valence-electron chi connectivity index (χ2n) is 7.39. The van der Waals surface area contributed by atoms with Gasteiger partial charge in [0.25, 0.3) is 0 Å². The molecule has 3 rings (SSSR count). The van der Waals surface area contributed by atoms with Crippen molar-refractivity contribution in [1.29, 1.82) is 0 Å². The molecule has 1 aliphatic heterocycles. The summed E-state index contributed by atoms with van der Waals surface area (Å²) in [4.78, 5) is 25.9. The summed E-state index contributed by atoms with van der Waals surface area (Å²) in [6.45, 7) is 4.10. The largest absolute Gasteiger partial charge is 0.497 e. The van der Waals surface area contributed by atoms with Gasteiger partial charge in [-0.15, -0.1) is 0 Å². The Kier molecular flexibility index (Phi) is 6.34. The number of nitrogens with zero attached hydrogens (tertiary/aromatic N) is 4. The first kappa shape index (κ1) is 19.9. The molecule has 1 aromatic carbocycles. The Balaban J connectivity index is 1.52. The molecule has 1 aromatic heterocycles. The molecule has 0 unspecified atom stereocenters. The molecule has 0 radical (unpaired) electrons. The summed E-state index contributed by atoms with van der Waals surface area (Å²) in [5.74, 6) is 2.63. The predicted octanol–water partition coefficient (Wildman–Crippen LogP) is 2.39. The van der Waals surface area contributed by atoms with E-state index in [1.165, 1.54) is 0 Å². The van der Waals surface area contributed by atoms with Gasteiger partial charge in [0.05, 0.1) is 7.11 Å². The molecule has 0 saturated carbocycles. The van der Waals surface area contributed by atoms with Crippen LogP contribution in [0.4, 0.5) is 11.8 Å². The molecule has 1 aliphatic rings. The second-order valence-corrected chi connectivity index (χ2v) is 7.39. The molecule has 1 saturated heterocycles. The van der Waals surface area contributed by atoms with Crippen molar-refractivity contribution in [2.45, 2.75) is 26.3 Å². The molecule has 28 heavy (non-hydrogen) atoms. The molecular weight excluding hydrogens is 354 g/mol. The molecule has 7 heteroatoms. The zero-order valence-corrected chi connectivity index (χ0v) is 17.1. The number of piperidine rings is 1. The Morgan fingerprint density at radius 2 is 1.89 bits per heavy atom. The maximum absolute atomic E-state index is 12.5. The van der Waals surface area contributed by atoms with E-state index in [0.29, 0.717) is 6.54 Å². The lowest BCUT2D eigenvalue weighted by Crippen LogP contribution is -2.41. The molecule has 0 atom stereocenters. The van der Waals surface area contributed by atoms with Crippen LogP contribution in [0.25, 0.3) is 0 Å². The van der Waals surface area contributed by atoms with E-state index in [1.807, 2.05) is 56.3 Å². The van der Waals surface area contributed by atoms with Crippen LogP contribution in [0.3, 0.4) is 0 Å². The van der Waals surface area contributed by atoms with Gasteiger partial charge in [0.1, 0.15) is 11.6 Å². The van der Waals surface area contributed by atoms with Gasteiger partial charge in [0.15, 0.2) is 0 Å². The van der Waals surface area contributed by atoms with Crippen LogP contribution in [0.1, 0.15) is 24.1 Å². The first-order valence-corrected chi connectivity index (χ1v) is 9.65. The average Bonchev–Trinajstić information content (AvgIpc) is 2.72. The summed E-state index contributed by atoms with van der Waals surface area (Å²) in [6, 6.07) is 9.73. The average molecular weight is 383 g/mol. The maximum Gasteiger partial charge on any atom is 0.227 e. The van der Waals surface area contributed by atoms with Crippen molar-refractivity contribution in [2.75, 3.05) is 44.1 Å². The number of aromatic nitrogens is 2. The number of carbonyl (C=O) groups is 1. The van der Waals surface area contributed by atoms with E-state index in [-0.39, 0.29) is 11.8 Å². The highest BCUT2D eigenvalue weighted by Gasteiger charge is 2.26. The number of amides is 1. The molecule has 0 aliphatic carbocycles. The van der Waals surface area contributed by atoms with E-state index in [4.69, 9.17) is 4.74 Å². The lowest BCUT2D eigenvalue weighted by Gasteiger charge is -2.32. The van der Waals surface area contributed by atoms with Crippen molar-refractivity contribution in [3.05, 3.63) is 41.6 Å². The van der Waals surface area contributed by atoms with E-state index in [1.54, 1.807) is 7.11 Å². The Morgan fingerprint density at radius 1 is 1.21 bits per heavy atom. The Morgan fingerprint density at radius 3 is 2.50 bits per heavy atom. The third kappa shape index (κ3) is 4.91. The van der Waals surface area contributed by atoms with Crippen molar-refractivity contribution in [2.24, 2.45) is 5.92 Å². The minimum atomic E-state index is 0.0348. The van der Waals surface area contributed by atoms with Crippen LogP contribution in [0.2, 0.25) is 0 Å². The number of ether oxygens (including phenoxy) is 1. The summed E-state index contributed by atoms with van der Waals surface area (Å²) in [5, 5.41) is 3.06. The lowest BCUT2D eigenvalue weighted by atomic mass is 9.96. The van der Waals surface area contributed by atoms with Crippen LogP contribution in [-0.4, -0.2) is 50.2 Å². The molecular formula is C21H29N5O2. The van der Waals surface area contributed by atoms with Crippen molar-refractivity contribution in [3.8, 4) is 5.75 Å². The summed E-state index contributed by atoms with van der Waals surface area (Å²) < 4.78 is 5.16. The topological polar surface area (TPSA) is 70.6 Å². The summed E-state index contributed by atoms with van der Waals surface area (Å²) in [7, 11) is 5.60. The Labute approximate surface area is 166 Å². The third-order valence-corrected chi connectivity index (χ3v) is 5.06. The minimum absolute atomic E-state index is 0.0348. The highest BCUT2D eigenvalue weighted by molar-refractivity contribution is 5.79. The summed E-state index contributed by atoms with van der Waals surface area (Å²) >= 11 is 0. The number of aryl methyl sites for hydroxylation is 1. The SMILES string of the molecule is COc1ccc(CNC(=O)C2CCN(c3nc(C)cc(N(C)C)n3)CC2)cc1. The van der Waals surface area contributed by atoms with E-state index in [0.717, 1.165) is 54.7 Å². The standard InChI is InChI=1S/C21H29N5O2/c1-15-13-19(25(2)3)24-21(23-15)26-11-9-17(10-12-26)20(27)22-14-16-5-7-18(28-4)8-6-16/h5-8,13,17H,9-12,14H2,1-4H3,(H,22,27). The van der Waals surface area contributed by atoms with Crippen molar-refractivity contribution < 1.29 is 9.53 Å². The van der Waals surface area contributed by atoms with Crippen LogP contribution in [0.5, 0.6) is 5.75 Å². The molecule has 0 spiro atoms. The zero-order chi connectivity index (χ0) is 20.1. The number of methoxy groups -OCH3 is 1. The number of hydrogen-bond donors (Lipinski definition) is 1. The molecule has 2 heterocycles. The maximum atomic E-state index is 12.5. The van der Waals surface area contributed by atoms with Crippen LogP contribution >= 0.6 is 0 Å². The fraction of sp³-hybridized carbons (Fsp3) is 0.476. The number of rotatable bonds is 6. The van der Waals surface area contributed by atoms with Gasteiger partial charge in [-0.1, -0.05) is 12.1 Å². The van der Waals surface area contributed by atoms with Gasteiger partial charge in [-0.3, -0.25) is 4.79 Å². The van der Waals surface area contributed by atoms with Crippen molar-refractivity contribution in [3.63, 3.8) is 0 Å². The number of nitrogens with one attached hydrogen (secondary N) is 1. The highest BCUT2D eigenvalue weighted by Crippen LogP contribution is 2.23. The van der Waals surface area contributed by atoms with Gasteiger partial charge in [0.2, 0.25) is 11.9 Å². The Hall–Kier alpha value is -2.83. The molecule has 0 bridgehead atoms. The molecule has 150 valence electrons. The van der Waals surface area contributed by atoms with Gasteiger partial charge in [-0.2, -0.15) is 4.98 Å². The first-order valence-electron chi connectivity index (χ1n) is 9.65. The third-order valence-electron chi connectivity index (χ3n) is 5.06. The lowest BCUT2D eigenvalue weighted by molar-refractivity contribution is -0.125. The van der Waals surface area contributed by atoms with Crippen molar-refractivity contribution >= 4 is 17.7 Å². The smallest absolute Gasteiger partial charge is 0.227 e. The van der Waals surface area contributed by atoms with E-state index < -0.39 is 0 Å². The van der Waals surface area contributed by atoms with E-state index in [9.17, 15) is 4.79 Å². The molecule has 7 nitrogen and oxygen atoms in total. The summed E-state index contributed by atoms with van der Waals surface area (Å²) in [6.07, 6.45) is 1.62. The molecule has 2 aromatic rings. The predicted molar refractivity (Wildman–Crippen MR) is 111 cm³/mol. The number of anilines is 2. The number of carbonyl (C=O) groups excluding carboxylic acids is 1. The fourth-order valence-corrected chi connectivity index (χ4v) is 3.33. The van der Waals surface area contributed by atoms with E-state index >= 15 is 0 Å². The van der Waals surface area contributed by atoms with Gasteiger partial charge < -0.3 is 19.9 Å².